The number of anilines is 1. The van der Waals surface area contributed by atoms with Gasteiger partial charge in [-0.05, 0) is 31.2 Å². The number of fused-ring (bicyclic) bond motifs is 1. The number of amides is 2. The molecule has 2 heterocycles. The lowest BCUT2D eigenvalue weighted by molar-refractivity contribution is -0.125. The second-order valence-electron chi connectivity index (χ2n) is 6.87. The molecule has 1 aromatic heterocycles. The van der Waals surface area contributed by atoms with Crippen molar-refractivity contribution >= 4 is 17.5 Å². The number of hydrogen-bond acceptors (Lipinski definition) is 4. The summed E-state index contributed by atoms with van der Waals surface area (Å²) < 4.78 is 7.39. The average Bonchev–Trinajstić information content (AvgIpc) is 3.22. The topological polar surface area (TPSA) is 76.5 Å². The summed E-state index contributed by atoms with van der Waals surface area (Å²) in [7, 11) is 0. The number of para-hydroxylation sites is 3. The Morgan fingerprint density at radius 1 is 1.14 bits per heavy atom. The minimum atomic E-state index is -0.559. The highest BCUT2D eigenvalue weighted by Crippen LogP contribution is 2.33. The molecule has 2 aromatic carbocycles. The standard InChI is InChI=1S/C22H22N4O3/c1-16-22(28)25(19-9-5-6-10-20(19)29-16)12-11-21(27)23-13-17-14-24-26(15-17)18-7-3-2-4-8-18/h2-10,14-16H,11-13H2,1H3,(H,23,27). The smallest absolute Gasteiger partial charge is 0.267 e. The van der Waals surface area contributed by atoms with Crippen molar-refractivity contribution in [3.05, 3.63) is 72.6 Å². The summed E-state index contributed by atoms with van der Waals surface area (Å²) in [6, 6.07) is 17.2. The molecule has 1 aliphatic rings. The van der Waals surface area contributed by atoms with Gasteiger partial charge in [0.1, 0.15) is 5.75 Å². The molecule has 7 heteroatoms. The third kappa shape index (κ3) is 4.13. The molecule has 0 saturated heterocycles. The van der Waals surface area contributed by atoms with E-state index in [1.165, 1.54) is 0 Å². The zero-order valence-electron chi connectivity index (χ0n) is 16.1. The van der Waals surface area contributed by atoms with Crippen LogP contribution < -0.4 is 15.0 Å². The van der Waals surface area contributed by atoms with E-state index in [9.17, 15) is 9.59 Å². The van der Waals surface area contributed by atoms with Gasteiger partial charge >= 0.3 is 0 Å². The van der Waals surface area contributed by atoms with Gasteiger partial charge in [0.25, 0.3) is 5.91 Å². The number of rotatable bonds is 6. The maximum Gasteiger partial charge on any atom is 0.267 e. The zero-order chi connectivity index (χ0) is 20.2. The van der Waals surface area contributed by atoms with Crippen LogP contribution >= 0.6 is 0 Å². The van der Waals surface area contributed by atoms with E-state index < -0.39 is 6.10 Å². The minimum absolute atomic E-state index is 0.123. The minimum Gasteiger partial charge on any atom is -0.479 e. The Bertz CT molecular complexity index is 1020. The molecule has 148 valence electrons. The predicted molar refractivity (Wildman–Crippen MR) is 109 cm³/mol. The molecule has 1 aliphatic heterocycles. The Hall–Kier alpha value is -3.61. The molecule has 7 nitrogen and oxygen atoms in total. The first-order chi connectivity index (χ1) is 14.1. The van der Waals surface area contributed by atoms with Crippen molar-refractivity contribution in [1.29, 1.82) is 0 Å². The third-order valence-electron chi connectivity index (χ3n) is 4.78. The van der Waals surface area contributed by atoms with Crippen molar-refractivity contribution in [3.63, 3.8) is 0 Å². The van der Waals surface area contributed by atoms with E-state index in [0.717, 1.165) is 11.3 Å². The van der Waals surface area contributed by atoms with Gasteiger partial charge in [0.15, 0.2) is 6.10 Å². The third-order valence-corrected chi connectivity index (χ3v) is 4.78. The van der Waals surface area contributed by atoms with Crippen LogP contribution in [0.3, 0.4) is 0 Å². The number of nitrogens with one attached hydrogen (secondary N) is 1. The molecule has 29 heavy (non-hydrogen) atoms. The molecule has 0 fully saturated rings. The first kappa shape index (κ1) is 18.7. The Morgan fingerprint density at radius 2 is 1.90 bits per heavy atom. The number of nitrogens with zero attached hydrogens (tertiary/aromatic N) is 3. The average molecular weight is 390 g/mol. The second kappa shape index (κ2) is 8.18. The second-order valence-corrected chi connectivity index (χ2v) is 6.87. The fourth-order valence-corrected chi connectivity index (χ4v) is 3.27. The van der Waals surface area contributed by atoms with Gasteiger partial charge in [0.05, 0.1) is 17.6 Å². The van der Waals surface area contributed by atoms with Crippen LogP contribution in [0.1, 0.15) is 18.9 Å². The van der Waals surface area contributed by atoms with Gasteiger partial charge < -0.3 is 15.0 Å². The number of benzene rings is 2. The molecule has 4 rings (SSSR count). The van der Waals surface area contributed by atoms with Crippen LogP contribution in [0.2, 0.25) is 0 Å². The van der Waals surface area contributed by atoms with Gasteiger partial charge in [-0.15, -0.1) is 0 Å². The van der Waals surface area contributed by atoms with Crippen LogP contribution in [0.25, 0.3) is 5.69 Å². The highest BCUT2D eigenvalue weighted by Gasteiger charge is 2.31. The summed E-state index contributed by atoms with van der Waals surface area (Å²) in [6.07, 6.45) is 3.27. The van der Waals surface area contributed by atoms with Crippen molar-refractivity contribution in [3.8, 4) is 11.4 Å². The summed E-state index contributed by atoms with van der Waals surface area (Å²) in [6.45, 7) is 2.41. The lowest BCUT2D eigenvalue weighted by atomic mass is 10.1. The fraction of sp³-hybridized carbons (Fsp3) is 0.227. The Balaban J connectivity index is 1.33. The van der Waals surface area contributed by atoms with Gasteiger partial charge in [0.2, 0.25) is 5.91 Å². The molecule has 0 bridgehead atoms. The quantitative estimate of drug-likeness (QED) is 0.702. The Morgan fingerprint density at radius 3 is 2.72 bits per heavy atom. The van der Waals surface area contributed by atoms with Crippen molar-refractivity contribution in [2.24, 2.45) is 0 Å². The van der Waals surface area contributed by atoms with E-state index in [1.807, 2.05) is 60.8 Å². The van der Waals surface area contributed by atoms with Crippen molar-refractivity contribution in [2.45, 2.75) is 26.0 Å². The van der Waals surface area contributed by atoms with Crippen LogP contribution in [0.15, 0.2) is 67.0 Å². The molecule has 1 unspecified atom stereocenters. The van der Waals surface area contributed by atoms with Gasteiger partial charge in [-0.1, -0.05) is 30.3 Å². The summed E-state index contributed by atoms with van der Waals surface area (Å²) in [5.41, 5.74) is 2.57. The summed E-state index contributed by atoms with van der Waals surface area (Å²) in [4.78, 5) is 26.4. The molecule has 0 saturated carbocycles. The van der Waals surface area contributed by atoms with E-state index in [0.29, 0.717) is 24.5 Å². The first-order valence-electron chi connectivity index (χ1n) is 9.54. The van der Waals surface area contributed by atoms with Crippen molar-refractivity contribution in [2.75, 3.05) is 11.4 Å². The van der Waals surface area contributed by atoms with Crippen LogP contribution in [-0.2, 0) is 16.1 Å². The van der Waals surface area contributed by atoms with Gasteiger partial charge in [-0.2, -0.15) is 5.10 Å². The van der Waals surface area contributed by atoms with Gasteiger partial charge in [0, 0.05) is 31.3 Å². The summed E-state index contributed by atoms with van der Waals surface area (Å²) in [5, 5.41) is 7.22. The molecule has 3 aromatic rings. The maximum atomic E-state index is 12.5. The number of aromatic nitrogens is 2. The molecule has 1 N–H and O–H groups in total. The first-order valence-corrected chi connectivity index (χ1v) is 9.54. The molecule has 0 aliphatic carbocycles. The molecule has 1 atom stereocenters. The normalized spacial score (nSPS) is 15.6. The van der Waals surface area contributed by atoms with Gasteiger partial charge in [-0.25, -0.2) is 4.68 Å². The summed E-state index contributed by atoms with van der Waals surface area (Å²) in [5.74, 6) is 0.399. The maximum absolute atomic E-state index is 12.5. The highest BCUT2D eigenvalue weighted by molar-refractivity contribution is 6.00. The number of hydrogen-bond donors (Lipinski definition) is 1. The lowest BCUT2D eigenvalue weighted by Gasteiger charge is -2.32. The fourth-order valence-electron chi connectivity index (χ4n) is 3.27. The van der Waals surface area contributed by atoms with E-state index in [1.54, 1.807) is 22.7 Å². The zero-order valence-corrected chi connectivity index (χ0v) is 16.1. The number of ether oxygens (including phenoxy) is 1. The van der Waals surface area contributed by atoms with Crippen LogP contribution in [0.5, 0.6) is 5.75 Å². The monoisotopic (exact) mass is 390 g/mol. The summed E-state index contributed by atoms with van der Waals surface area (Å²) >= 11 is 0. The lowest BCUT2D eigenvalue weighted by Crippen LogP contribution is -2.45. The molecule has 0 radical (unpaired) electrons. The van der Waals surface area contributed by atoms with E-state index in [2.05, 4.69) is 10.4 Å². The molecule has 0 spiro atoms. The Labute approximate surface area is 168 Å². The van der Waals surface area contributed by atoms with Gasteiger partial charge in [-0.3, -0.25) is 9.59 Å². The van der Waals surface area contributed by atoms with Crippen LogP contribution in [0.4, 0.5) is 5.69 Å². The molecular formula is C22H22N4O3. The van der Waals surface area contributed by atoms with E-state index in [4.69, 9.17) is 4.74 Å². The van der Waals surface area contributed by atoms with E-state index >= 15 is 0 Å². The number of carbonyl (C=O) groups excluding carboxylic acids is 2. The molecular weight excluding hydrogens is 368 g/mol. The Kier molecular flexibility index (Phi) is 5.29. The SMILES string of the molecule is CC1Oc2ccccc2N(CCC(=O)NCc2cnn(-c3ccccc3)c2)C1=O. The van der Waals surface area contributed by atoms with E-state index in [-0.39, 0.29) is 18.2 Å². The van der Waals surface area contributed by atoms with Crippen molar-refractivity contribution < 1.29 is 14.3 Å². The number of carbonyl (C=O) groups is 2. The van der Waals surface area contributed by atoms with Crippen molar-refractivity contribution in [1.82, 2.24) is 15.1 Å². The van der Waals surface area contributed by atoms with Crippen LogP contribution in [0, 0.1) is 0 Å². The predicted octanol–water partition coefficient (Wildman–Crippen LogP) is 2.69. The molecule has 2 amide bonds. The largest absolute Gasteiger partial charge is 0.479 e. The van der Waals surface area contributed by atoms with Crippen LogP contribution in [-0.4, -0.2) is 34.2 Å². The highest BCUT2D eigenvalue weighted by atomic mass is 16.5.